The minimum absolute atomic E-state index is 0.00370. The number of nitrogens with zero attached hydrogens (tertiary/aromatic N) is 8. The summed E-state index contributed by atoms with van der Waals surface area (Å²) in [7, 11) is 0. The number of carbonyl (C=O) groups is 4. The molecular formula is C40H48F2N16O4S2. The predicted octanol–water partition coefficient (Wildman–Crippen LogP) is 0.667. The van der Waals surface area contributed by atoms with Gasteiger partial charge >= 0.3 is 0 Å². The zero-order valence-electron chi connectivity index (χ0n) is 34.5. The van der Waals surface area contributed by atoms with Crippen LogP contribution in [-0.4, -0.2) is 131 Å². The quantitative estimate of drug-likeness (QED) is 0.0564. The van der Waals surface area contributed by atoms with Gasteiger partial charge in [0.25, 0.3) is 0 Å². The molecule has 6 fully saturated rings. The first kappa shape index (κ1) is 41.9. The number of benzene rings is 2. The second-order valence-corrected chi connectivity index (χ2v) is 19.1. The van der Waals surface area contributed by atoms with Gasteiger partial charge in [-0.15, -0.1) is 0 Å². The maximum atomic E-state index is 15.4. The number of unbranched alkanes of at least 4 members (excludes halogenated alkanes) is 3. The fourth-order valence-corrected chi connectivity index (χ4v) is 12.1. The van der Waals surface area contributed by atoms with Crippen LogP contribution < -0.4 is 52.8 Å². The lowest BCUT2D eigenvalue weighted by molar-refractivity contribution is -0.121. The molecule has 24 heteroatoms. The Kier molecular flexibility index (Phi) is 10.8. The van der Waals surface area contributed by atoms with Gasteiger partial charge in [-0.05, 0) is 73.8 Å². The highest BCUT2D eigenvalue weighted by molar-refractivity contribution is 7.99. The summed E-state index contributed by atoms with van der Waals surface area (Å²) >= 11 is 2.31. The minimum atomic E-state index is -0.871. The third-order valence-electron chi connectivity index (χ3n) is 13.4. The van der Waals surface area contributed by atoms with Gasteiger partial charge in [0.2, 0.25) is 23.7 Å². The molecular weight excluding hydrogens is 871 g/mol. The highest BCUT2D eigenvalue weighted by atomic mass is 32.2. The fraction of sp³-hybridized carbons (Fsp3) is 0.500. The Hall–Kier alpha value is -6.04. The zero-order valence-corrected chi connectivity index (χ0v) is 36.1. The summed E-state index contributed by atoms with van der Waals surface area (Å²) in [4.78, 5) is 75.6. The van der Waals surface area contributed by atoms with Crippen molar-refractivity contribution in [2.45, 2.75) is 73.4 Å². The van der Waals surface area contributed by atoms with Crippen LogP contribution in [0.15, 0.2) is 44.2 Å². The molecule has 0 aliphatic carbocycles. The van der Waals surface area contributed by atoms with Gasteiger partial charge in [-0.1, -0.05) is 12.8 Å². The monoisotopic (exact) mass is 918 g/mol. The van der Waals surface area contributed by atoms with Crippen molar-refractivity contribution >= 4 is 93.9 Å². The maximum Gasteiger partial charge on any atom is 0.243 e. The van der Waals surface area contributed by atoms with Gasteiger partial charge in [0.05, 0.1) is 23.5 Å². The average Bonchev–Trinajstić information content (AvgIpc) is 4.14. The van der Waals surface area contributed by atoms with E-state index in [-0.39, 0.29) is 82.5 Å². The Balaban J connectivity index is 0.641. The Morgan fingerprint density at radius 2 is 1.03 bits per heavy atom. The number of piperazine rings is 2. The molecule has 20 nitrogen and oxygen atoms in total. The van der Waals surface area contributed by atoms with Gasteiger partial charge < -0.3 is 53.2 Å². The molecule has 338 valence electrons. The maximum absolute atomic E-state index is 15.4. The van der Waals surface area contributed by atoms with E-state index in [1.54, 1.807) is 12.1 Å². The molecule has 8 heterocycles. The summed E-state index contributed by atoms with van der Waals surface area (Å²) in [5.74, 6) is -3.53. The summed E-state index contributed by atoms with van der Waals surface area (Å²) in [6.45, 7) is 3.07. The first-order chi connectivity index (χ1) is 30.8. The number of hydrogen-bond donors (Lipinski definition) is 8. The zero-order chi connectivity index (χ0) is 44.6. The molecule has 64 heavy (non-hydrogen) atoms. The fourth-order valence-electron chi connectivity index (χ4n) is 10.3. The number of amides is 2. The van der Waals surface area contributed by atoms with Gasteiger partial charge in [0.15, 0.2) is 23.5 Å². The predicted molar refractivity (Wildman–Crippen MR) is 242 cm³/mol. The summed E-state index contributed by atoms with van der Waals surface area (Å²) in [5, 5.41) is 5.58. The highest BCUT2D eigenvalue weighted by Crippen LogP contribution is 2.44. The molecule has 4 bridgehead atoms. The number of ketones is 2. The summed E-state index contributed by atoms with van der Waals surface area (Å²) in [6, 6.07) is 5.78. The van der Waals surface area contributed by atoms with Gasteiger partial charge in [0.1, 0.15) is 34.2 Å². The molecule has 8 unspecified atom stereocenters. The minimum Gasteiger partial charge on any atom is -0.370 e. The molecule has 2 amide bonds. The van der Waals surface area contributed by atoms with Crippen LogP contribution in [0, 0.1) is 23.5 Å². The van der Waals surface area contributed by atoms with Crippen LogP contribution in [0.4, 0.5) is 31.5 Å². The van der Waals surface area contributed by atoms with Gasteiger partial charge in [0, 0.05) is 73.9 Å². The molecule has 10 rings (SSSR count). The number of halogens is 2. The van der Waals surface area contributed by atoms with Crippen LogP contribution >= 0.6 is 23.9 Å². The van der Waals surface area contributed by atoms with E-state index >= 15 is 8.78 Å². The topological polar surface area (TPSA) is 283 Å². The third-order valence-corrected chi connectivity index (χ3v) is 15.3. The smallest absolute Gasteiger partial charge is 0.243 e. The number of nitrogens with two attached hydrogens (primary N) is 4. The number of Topliss-reactive ketones (excluding diaryl/α,β-unsaturated/α-hetero) is 2. The van der Waals surface area contributed by atoms with Gasteiger partial charge in [-0.2, -0.15) is 9.98 Å². The second-order valence-electron chi connectivity index (χ2n) is 17.2. The highest BCUT2D eigenvalue weighted by Gasteiger charge is 2.50. The molecule has 2 aromatic rings. The lowest BCUT2D eigenvalue weighted by atomic mass is 9.91. The molecule has 0 spiro atoms. The average molecular weight is 919 g/mol. The first-order valence-corrected chi connectivity index (χ1v) is 23.1. The van der Waals surface area contributed by atoms with Crippen LogP contribution in [0.25, 0.3) is 0 Å². The Morgan fingerprint density at radius 3 is 1.42 bits per heavy atom. The summed E-state index contributed by atoms with van der Waals surface area (Å²) < 4.78 is 36.1. The third kappa shape index (κ3) is 7.42. The van der Waals surface area contributed by atoms with Gasteiger partial charge in [-0.25, -0.2) is 8.78 Å². The van der Waals surface area contributed by atoms with Crippen molar-refractivity contribution in [3.8, 4) is 0 Å². The molecule has 0 radical (unpaired) electrons. The van der Waals surface area contributed by atoms with Crippen molar-refractivity contribution in [2.24, 2.45) is 54.7 Å². The standard InChI is InChI=1S/C40H48F2N16O4S2/c41-23-9-21-25(49-35-29(31(21)59)33(61)53-63-35)11-27(23)55-13-19-7-17(55)15-57(19)39(45)51-37(43)47-5-3-1-2-4-6-48-38(44)52-40(46)58-16-18-8-20(58)14-56(18)28-12-26-22(10-24(28)42)32(60)30-34(62)54-64-36(30)50-26/h9-12,17-20,29-30,35-36,49-50H,1-8,13-16H2,(H,53,61)(H,54,62)(H4,43,45,47,51)(H4,44,46,48,52). The van der Waals surface area contributed by atoms with E-state index in [0.717, 1.165) is 62.4 Å². The Morgan fingerprint density at radius 1 is 0.609 bits per heavy atom. The number of anilines is 4. The van der Waals surface area contributed by atoms with Crippen LogP contribution in [0.3, 0.4) is 0 Å². The molecule has 8 aliphatic rings. The normalized spacial score (nSPS) is 29.5. The number of rotatable bonds is 9. The van der Waals surface area contributed by atoms with Gasteiger partial charge in [-0.3, -0.25) is 38.6 Å². The van der Waals surface area contributed by atoms with Crippen molar-refractivity contribution in [1.82, 2.24) is 19.2 Å². The molecule has 2 aromatic carbocycles. The Labute approximate surface area is 374 Å². The van der Waals surface area contributed by atoms with E-state index in [1.165, 1.54) is 12.1 Å². The molecule has 6 saturated heterocycles. The van der Waals surface area contributed by atoms with Crippen LogP contribution in [-0.2, 0) is 9.59 Å². The van der Waals surface area contributed by atoms with Crippen LogP contribution in [0.2, 0.25) is 0 Å². The summed E-state index contributed by atoms with van der Waals surface area (Å²) in [6.07, 6.45) is 4.89. The number of aliphatic imine (C=N–C) groups is 4. The molecule has 0 saturated carbocycles. The number of nitrogens with one attached hydrogen (secondary N) is 4. The van der Waals surface area contributed by atoms with Crippen LogP contribution in [0.5, 0.6) is 0 Å². The Bertz CT molecular complexity index is 2290. The number of carbonyl (C=O) groups excluding carboxylic acids is 4. The lowest BCUT2D eigenvalue weighted by Crippen LogP contribution is -2.52. The molecule has 0 aromatic heterocycles. The first-order valence-electron chi connectivity index (χ1n) is 21.4. The second kappa shape index (κ2) is 16.5. The molecule has 12 N–H and O–H groups in total. The van der Waals surface area contributed by atoms with Crippen molar-refractivity contribution < 1.29 is 28.0 Å². The van der Waals surface area contributed by atoms with Crippen molar-refractivity contribution in [1.29, 1.82) is 0 Å². The van der Waals surface area contributed by atoms with Crippen molar-refractivity contribution in [2.75, 3.05) is 59.7 Å². The lowest BCUT2D eigenvalue weighted by Gasteiger charge is -2.37. The number of hydrogen-bond acceptors (Lipinski definition) is 12. The molecule has 8 aliphatic heterocycles. The van der Waals surface area contributed by atoms with E-state index in [9.17, 15) is 19.2 Å². The van der Waals surface area contributed by atoms with Crippen molar-refractivity contribution in [3.05, 3.63) is 47.0 Å². The largest absolute Gasteiger partial charge is 0.370 e. The molecule has 8 atom stereocenters. The van der Waals surface area contributed by atoms with E-state index in [4.69, 9.17) is 22.9 Å². The van der Waals surface area contributed by atoms with E-state index in [2.05, 4.69) is 40.0 Å². The number of likely N-dealkylation sites (tertiary alicyclic amines) is 2. The number of guanidine groups is 4. The summed E-state index contributed by atoms with van der Waals surface area (Å²) in [5.41, 5.74) is 27.2. The van der Waals surface area contributed by atoms with Crippen LogP contribution in [0.1, 0.15) is 59.2 Å². The van der Waals surface area contributed by atoms with Crippen molar-refractivity contribution in [3.63, 3.8) is 0 Å². The SMILES string of the molecule is NC(=NCCCCCCN=C(N)/N=C(\N)N1CC2CC1CN2c1cc2c(cc1F)C(=O)C1C(=O)NSC1N2)/N=C(\N)N1CC2CC1CN2c1cc2c(cc1F)C(=O)C1C(=O)NSC1N2. The van der Waals surface area contributed by atoms with E-state index in [0.29, 0.717) is 62.0 Å². The van der Waals surface area contributed by atoms with E-state index in [1.807, 2.05) is 19.6 Å². The number of fused-ring (bicyclic) bond motifs is 8. The van der Waals surface area contributed by atoms with E-state index < -0.39 is 34.2 Å².